The van der Waals surface area contributed by atoms with Crippen LogP contribution in [0.5, 0.6) is 23.0 Å². The Labute approximate surface area is 189 Å². The second kappa shape index (κ2) is 8.67. The smallest absolute Gasteiger partial charge is 0.130 e. The SMILES string of the molecule is Cc1cc(N)ccc1Oc1ccc(C(C)(C)c2ccc(Oc3ccc(N)cc3)cc2)cc1. The van der Waals surface area contributed by atoms with Crippen LogP contribution < -0.4 is 20.9 Å². The average Bonchev–Trinajstić information content (AvgIpc) is 2.78. The highest BCUT2D eigenvalue weighted by Gasteiger charge is 2.23. The van der Waals surface area contributed by atoms with Gasteiger partial charge in [0, 0.05) is 16.8 Å². The molecule has 0 heterocycles. The molecule has 0 atom stereocenters. The summed E-state index contributed by atoms with van der Waals surface area (Å²) in [6.45, 7) is 6.41. The number of nitrogen functional groups attached to an aromatic ring is 2. The summed E-state index contributed by atoms with van der Waals surface area (Å²) < 4.78 is 12.0. The second-order valence-electron chi connectivity index (χ2n) is 8.47. The standard InChI is InChI=1S/C28H28N2O2/c1-19-18-23(30)10-17-27(19)32-26-13-6-21(7-14-26)28(2,3)20-4-11-24(12-5-20)31-25-15-8-22(29)9-16-25/h4-18H,29-30H2,1-3H3. The summed E-state index contributed by atoms with van der Waals surface area (Å²) in [6.07, 6.45) is 0. The Bertz CT molecular complexity index is 1200. The molecule has 0 unspecified atom stereocenters. The molecule has 0 spiro atoms. The Morgan fingerprint density at radius 2 is 1.00 bits per heavy atom. The lowest BCUT2D eigenvalue weighted by Crippen LogP contribution is -2.18. The van der Waals surface area contributed by atoms with Crippen LogP contribution in [-0.4, -0.2) is 0 Å². The van der Waals surface area contributed by atoms with Gasteiger partial charge in [0.15, 0.2) is 0 Å². The first-order valence-corrected chi connectivity index (χ1v) is 10.6. The second-order valence-corrected chi connectivity index (χ2v) is 8.47. The van der Waals surface area contributed by atoms with Gasteiger partial charge in [-0.05, 0) is 90.3 Å². The third kappa shape index (κ3) is 4.70. The molecular weight excluding hydrogens is 396 g/mol. The number of benzene rings is 4. The van der Waals surface area contributed by atoms with Gasteiger partial charge in [0.2, 0.25) is 0 Å². The minimum atomic E-state index is -0.171. The first-order chi connectivity index (χ1) is 15.3. The zero-order valence-electron chi connectivity index (χ0n) is 18.6. The largest absolute Gasteiger partial charge is 0.457 e. The van der Waals surface area contributed by atoms with E-state index in [-0.39, 0.29) is 5.41 Å². The van der Waals surface area contributed by atoms with Gasteiger partial charge < -0.3 is 20.9 Å². The summed E-state index contributed by atoms with van der Waals surface area (Å²) in [4.78, 5) is 0. The molecular formula is C28H28N2O2. The minimum absolute atomic E-state index is 0.171. The van der Waals surface area contributed by atoms with Crippen LogP contribution in [0, 0.1) is 6.92 Å². The van der Waals surface area contributed by atoms with Gasteiger partial charge in [-0.3, -0.25) is 0 Å². The van der Waals surface area contributed by atoms with E-state index in [2.05, 4.69) is 38.1 Å². The highest BCUT2D eigenvalue weighted by atomic mass is 16.5. The molecule has 0 aliphatic rings. The van der Waals surface area contributed by atoms with Crippen LogP contribution in [0.15, 0.2) is 91.0 Å². The Kier molecular flexibility index (Phi) is 5.78. The average molecular weight is 425 g/mol. The van der Waals surface area contributed by atoms with E-state index in [0.717, 1.165) is 39.9 Å². The molecule has 4 heteroatoms. The number of aryl methyl sites for hydroxylation is 1. The lowest BCUT2D eigenvalue weighted by Gasteiger charge is -2.26. The topological polar surface area (TPSA) is 70.5 Å². The molecule has 162 valence electrons. The van der Waals surface area contributed by atoms with Crippen LogP contribution >= 0.6 is 0 Å². The molecule has 4 rings (SSSR count). The maximum Gasteiger partial charge on any atom is 0.130 e. The summed E-state index contributed by atoms with van der Waals surface area (Å²) in [5, 5.41) is 0. The lowest BCUT2D eigenvalue weighted by molar-refractivity contribution is 0.478. The molecule has 4 aromatic rings. The molecule has 4 aromatic carbocycles. The van der Waals surface area contributed by atoms with Gasteiger partial charge in [-0.1, -0.05) is 38.1 Å². The van der Waals surface area contributed by atoms with Crippen LogP contribution in [-0.2, 0) is 5.41 Å². The quantitative estimate of drug-likeness (QED) is 0.325. The maximum atomic E-state index is 6.04. The Balaban J connectivity index is 1.48. The van der Waals surface area contributed by atoms with Gasteiger partial charge in [-0.25, -0.2) is 0 Å². The number of nitrogens with two attached hydrogens (primary N) is 2. The molecule has 0 fully saturated rings. The predicted molar refractivity (Wildman–Crippen MR) is 132 cm³/mol. The Morgan fingerprint density at radius 3 is 1.50 bits per heavy atom. The number of rotatable bonds is 6. The molecule has 0 aliphatic carbocycles. The molecule has 0 radical (unpaired) electrons. The minimum Gasteiger partial charge on any atom is -0.457 e. The molecule has 0 amide bonds. The fourth-order valence-electron chi connectivity index (χ4n) is 3.63. The monoisotopic (exact) mass is 424 g/mol. The van der Waals surface area contributed by atoms with Gasteiger partial charge in [0.1, 0.15) is 23.0 Å². The molecule has 0 saturated carbocycles. The molecule has 0 bridgehead atoms. The van der Waals surface area contributed by atoms with Gasteiger partial charge >= 0.3 is 0 Å². The normalized spacial score (nSPS) is 11.2. The summed E-state index contributed by atoms with van der Waals surface area (Å²) in [5.41, 5.74) is 16.3. The van der Waals surface area contributed by atoms with E-state index in [4.69, 9.17) is 20.9 Å². The van der Waals surface area contributed by atoms with Gasteiger partial charge in [-0.15, -0.1) is 0 Å². The van der Waals surface area contributed by atoms with Crippen LogP contribution in [0.25, 0.3) is 0 Å². The van der Waals surface area contributed by atoms with Crippen molar-refractivity contribution in [1.29, 1.82) is 0 Å². The van der Waals surface area contributed by atoms with Crippen molar-refractivity contribution < 1.29 is 9.47 Å². The number of hydrogen-bond donors (Lipinski definition) is 2. The highest BCUT2D eigenvalue weighted by Crippen LogP contribution is 2.35. The van der Waals surface area contributed by atoms with E-state index < -0.39 is 0 Å². The Morgan fingerprint density at radius 1 is 0.562 bits per heavy atom. The van der Waals surface area contributed by atoms with Gasteiger partial charge in [-0.2, -0.15) is 0 Å². The number of hydrogen-bond acceptors (Lipinski definition) is 4. The van der Waals surface area contributed by atoms with E-state index in [0.29, 0.717) is 0 Å². The first kappa shape index (κ1) is 21.3. The van der Waals surface area contributed by atoms with Crippen molar-refractivity contribution in [2.45, 2.75) is 26.2 Å². The molecule has 0 aliphatic heterocycles. The molecule has 32 heavy (non-hydrogen) atoms. The highest BCUT2D eigenvalue weighted by molar-refractivity contribution is 5.49. The fraction of sp³-hybridized carbons (Fsp3) is 0.143. The molecule has 4 nitrogen and oxygen atoms in total. The van der Waals surface area contributed by atoms with E-state index in [1.54, 1.807) is 0 Å². The van der Waals surface area contributed by atoms with Crippen molar-refractivity contribution in [2.24, 2.45) is 0 Å². The summed E-state index contributed by atoms with van der Waals surface area (Å²) in [7, 11) is 0. The van der Waals surface area contributed by atoms with E-state index in [1.807, 2.05) is 73.7 Å². The molecule has 4 N–H and O–H groups in total. The maximum absolute atomic E-state index is 6.04. The van der Waals surface area contributed by atoms with Crippen LogP contribution in [0.1, 0.15) is 30.5 Å². The zero-order valence-corrected chi connectivity index (χ0v) is 18.6. The van der Waals surface area contributed by atoms with Crippen LogP contribution in [0.4, 0.5) is 11.4 Å². The van der Waals surface area contributed by atoms with Crippen molar-refractivity contribution in [3.05, 3.63) is 108 Å². The van der Waals surface area contributed by atoms with E-state index >= 15 is 0 Å². The number of anilines is 2. The fourth-order valence-corrected chi connectivity index (χ4v) is 3.63. The van der Waals surface area contributed by atoms with Gasteiger partial charge in [0.25, 0.3) is 0 Å². The summed E-state index contributed by atoms with van der Waals surface area (Å²) in [5.74, 6) is 3.16. The van der Waals surface area contributed by atoms with Crippen molar-refractivity contribution >= 4 is 11.4 Å². The molecule has 0 aromatic heterocycles. The van der Waals surface area contributed by atoms with Crippen LogP contribution in [0.2, 0.25) is 0 Å². The third-order valence-corrected chi connectivity index (χ3v) is 5.69. The van der Waals surface area contributed by atoms with Crippen LogP contribution in [0.3, 0.4) is 0 Å². The van der Waals surface area contributed by atoms with E-state index in [9.17, 15) is 0 Å². The zero-order chi connectivity index (χ0) is 22.7. The Hall–Kier alpha value is -3.92. The predicted octanol–water partition coefficient (Wildman–Crippen LogP) is 7.07. The van der Waals surface area contributed by atoms with Crippen molar-refractivity contribution in [1.82, 2.24) is 0 Å². The lowest BCUT2D eigenvalue weighted by atomic mass is 9.78. The molecule has 0 saturated heterocycles. The van der Waals surface area contributed by atoms with Crippen molar-refractivity contribution in [3.63, 3.8) is 0 Å². The number of ether oxygens (including phenoxy) is 2. The van der Waals surface area contributed by atoms with Crippen molar-refractivity contribution in [2.75, 3.05) is 11.5 Å². The van der Waals surface area contributed by atoms with Crippen molar-refractivity contribution in [3.8, 4) is 23.0 Å². The summed E-state index contributed by atoms with van der Waals surface area (Å²) >= 11 is 0. The van der Waals surface area contributed by atoms with E-state index in [1.165, 1.54) is 11.1 Å². The van der Waals surface area contributed by atoms with Gasteiger partial charge in [0.05, 0.1) is 0 Å². The summed E-state index contributed by atoms with van der Waals surface area (Å²) in [6, 6.07) is 29.5. The first-order valence-electron chi connectivity index (χ1n) is 10.6. The third-order valence-electron chi connectivity index (χ3n) is 5.69.